The molecule has 0 heterocycles. The third-order valence-corrected chi connectivity index (χ3v) is 3.79. The second-order valence-corrected chi connectivity index (χ2v) is 5.80. The summed E-state index contributed by atoms with van der Waals surface area (Å²) in [4.78, 5) is 4.50. The van der Waals surface area contributed by atoms with Gasteiger partial charge in [0, 0.05) is 19.7 Å². The van der Waals surface area contributed by atoms with E-state index in [0.29, 0.717) is 12.6 Å². The first-order valence-electron chi connectivity index (χ1n) is 7.42. The third-order valence-electron chi connectivity index (χ3n) is 3.79. The predicted molar refractivity (Wildman–Crippen MR) is 79.8 cm³/mol. The van der Waals surface area contributed by atoms with Crippen molar-refractivity contribution in [2.24, 2.45) is 22.7 Å². The van der Waals surface area contributed by atoms with Crippen molar-refractivity contribution in [1.29, 1.82) is 0 Å². The molecular weight excluding hydrogens is 240 g/mol. The van der Waals surface area contributed by atoms with Gasteiger partial charge in [0.2, 0.25) is 5.96 Å². The van der Waals surface area contributed by atoms with Crippen molar-refractivity contribution in [3.63, 3.8) is 0 Å². The fourth-order valence-electron chi connectivity index (χ4n) is 2.84. The van der Waals surface area contributed by atoms with Gasteiger partial charge in [0.1, 0.15) is 0 Å². The van der Waals surface area contributed by atoms with Crippen molar-refractivity contribution >= 4 is 5.96 Å². The summed E-state index contributed by atoms with van der Waals surface area (Å²) in [7, 11) is 1.69. The van der Waals surface area contributed by atoms with E-state index in [9.17, 15) is 0 Å². The van der Waals surface area contributed by atoms with Crippen LogP contribution in [0.25, 0.3) is 0 Å². The average Bonchev–Trinajstić information content (AvgIpc) is 2.38. The zero-order valence-electron chi connectivity index (χ0n) is 12.6. The Hall–Kier alpha value is -0.810. The molecule has 3 atom stereocenters. The van der Waals surface area contributed by atoms with Gasteiger partial charge in [-0.25, -0.2) is 5.84 Å². The zero-order valence-corrected chi connectivity index (χ0v) is 12.6. The predicted octanol–water partition coefficient (Wildman–Crippen LogP) is 1.65. The quantitative estimate of drug-likeness (QED) is 0.297. The molecule has 0 bridgehead atoms. The SMILES string of the molecule is COCC(C)NC(=NCCC1CCCC(C)C1)NN. The van der Waals surface area contributed by atoms with Crippen LogP contribution < -0.4 is 16.6 Å². The van der Waals surface area contributed by atoms with Crippen molar-refractivity contribution in [3.8, 4) is 0 Å². The van der Waals surface area contributed by atoms with Crippen LogP contribution in [0, 0.1) is 11.8 Å². The fraction of sp³-hybridized carbons (Fsp3) is 0.929. The number of hydrazine groups is 1. The molecule has 1 saturated carbocycles. The molecule has 0 spiro atoms. The van der Waals surface area contributed by atoms with Gasteiger partial charge < -0.3 is 10.1 Å². The Balaban J connectivity index is 2.27. The number of nitrogens with one attached hydrogen (secondary N) is 2. The van der Waals surface area contributed by atoms with E-state index in [4.69, 9.17) is 10.6 Å². The van der Waals surface area contributed by atoms with Gasteiger partial charge in [-0.3, -0.25) is 10.4 Å². The maximum absolute atomic E-state index is 5.47. The fourth-order valence-corrected chi connectivity index (χ4v) is 2.84. The summed E-state index contributed by atoms with van der Waals surface area (Å²) in [5, 5.41) is 3.20. The summed E-state index contributed by atoms with van der Waals surface area (Å²) in [6.45, 7) is 5.87. The summed E-state index contributed by atoms with van der Waals surface area (Å²) in [6.07, 6.45) is 6.65. The maximum atomic E-state index is 5.47. The minimum atomic E-state index is 0.203. The van der Waals surface area contributed by atoms with E-state index >= 15 is 0 Å². The first-order chi connectivity index (χ1) is 9.15. The molecule has 19 heavy (non-hydrogen) atoms. The molecular formula is C14H30N4O. The standard InChI is InChI=1S/C14H30N4O/c1-11-5-4-6-13(9-11)7-8-16-14(18-15)17-12(2)10-19-3/h11-13H,4-10,15H2,1-3H3,(H2,16,17,18). The molecule has 0 aromatic carbocycles. The molecule has 5 nitrogen and oxygen atoms in total. The lowest BCUT2D eigenvalue weighted by atomic mass is 9.81. The molecule has 0 aromatic rings. The Bertz CT molecular complexity index is 270. The van der Waals surface area contributed by atoms with Crippen molar-refractivity contribution in [2.75, 3.05) is 20.3 Å². The van der Waals surface area contributed by atoms with Gasteiger partial charge in [0.15, 0.2) is 0 Å². The molecule has 4 N–H and O–H groups in total. The second kappa shape index (κ2) is 9.15. The highest BCUT2D eigenvalue weighted by Gasteiger charge is 2.18. The van der Waals surface area contributed by atoms with Crippen LogP contribution in [0.3, 0.4) is 0 Å². The van der Waals surface area contributed by atoms with Crippen molar-refractivity contribution in [3.05, 3.63) is 0 Å². The van der Waals surface area contributed by atoms with Crippen LogP contribution in [-0.4, -0.2) is 32.3 Å². The smallest absolute Gasteiger partial charge is 0.206 e. The lowest BCUT2D eigenvalue weighted by Gasteiger charge is -2.26. The van der Waals surface area contributed by atoms with Gasteiger partial charge >= 0.3 is 0 Å². The Morgan fingerprint density at radius 3 is 2.89 bits per heavy atom. The second-order valence-electron chi connectivity index (χ2n) is 5.80. The van der Waals surface area contributed by atoms with Gasteiger partial charge in [0.25, 0.3) is 0 Å². The molecule has 0 aromatic heterocycles. The number of methoxy groups -OCH3 is 1. The molecule has 5 heteroatoms. The Morgan fingerprint density at radius 2 is 2.26 bits per heavy atom. The van der Waals surface area contributed by atoms with E-state index < -0.39 is 0 Å². The summed E-state index contributed by atoms with van der Waals surface area (Å²) in [6, 6.07) is 0.203. The lowest BCUT2D eigenvalue weighted by molar-refractivity contribution is 0.179. The van der Waals surface area contributed by atoms with E-state index in [1.807, 2.05) is 6.92 Å². The van der Waals surface area contributed by atoms with Gasteiger partial charge in [-0.15, -0.1) is 0 Å². The Kier molecular flexibility index (Phi) is 7.82. The van der Waals surface area contributed by atoms with E-state index in [1.165, 1.54) is 25.7 Å². The third kappa shape index (κ3) is 6.78. The highest BCUT2D eigenvalue weighted by molar-refractivity contribution is 5.79. The van der Waals surface area contributed by atoms with Crippen LogP contribution in [0.2, 0.25) is 0 Å². The molecule has 0 radical (unpaired) electrons. The van der Waals surface area contributed by atoms with Crippen molar-refractivity contribution < 1.29 is 4.74 Å². The molecule has 3 unspecified atom stereocenters. The maximum Gasteiger partial charge on any atom is 0.206 e. The van der Waals surface area contributed by atoms with Crippen LogP contribution in [0.4, 0.5) is 0 Å². The van der Waals surface area contributed by atoms with E-state index in [1.54, 1.807) is 7.11 Å². The lowest BCUT2D eigenvalue weighted by Crippen LogP contribution is -2.47. The molecule has 112 valence electrons. The molecule has 1 aliphatic carbocycles. The zero-order chi connectivity index (χ0) is 14.1. The van der Waals surface area contributed by atoms with Gasteiger partial charge in [-0.2, -0.15) is 0 Å². The topological polar surface area (TPSA) is 71.7 Å². The first kappa shape index (κ1) is 16.2. The summed E-state index contributed by atoms with van der Waals surface area (Å²) in [5.41, 5.74) is 2.62. The van der Waals surface area contributed by atoms with Gasteiger partial charge in [-0.05, 0) is 31.6 Å². The van der Waals surface area contributed by atoms with Crippen LogP contribution >= 0.6 is 0 Å². The number of nitrogens with two attached hydrogens (primary N) is 1. The monoisotopic (exact) mass is 270 g/mol. The Morgan fingerprint density at radius 1 is 1.47 bits per heavy atom. The highest BCUT2D eigenvalue weighted by atomic mass is 16.5. The van der Waals surface area contributed by atoms with Crippen LogP contribution in [0.1, 0.15) is 46.0 Å². The number of aliphatic imine (C=N–C) groups is 1. The summed E-state index contributed by atoms with van der Waals surface area (Å²) >= 11 is 0. The first-order valence-corrected chi connectivity index (χ1v) is 7.42. The number of hydrogen-bond acceptors (Lipinski definition) is 3. The van der Waals surface area contributed by atoms with Crippen molar-refractivity contribution in [1.82, 2.24) is 10.7 Å². The molecule has 0 aliphatic heterocycles. The summed E-state index contributed by atoms with van der Waals surface area (Å²) in [5.74, 6) is 7.85. The minimum absolute atomic E-state index is 0.203. The number of nitrogens with zero attached hydrogens (tertiary/aromatic N) is 1. The molecule has 1 rings (SSSR count). The minimum Gasteiger partial charge on any atom is -0.383 e. The molecule has 0 saturated heterocycles. The highest BCUT2D eigenvalue weighted by Crippen LogP contribution is 2.30. The molecule has 1 aliphatic rings. The molecule has 0 amide bonds. The van der Waals surface area contributed by atoms with Gasteiger partial charge in [-0.1, -0.05) is 26.2 Å². The van der Waals surface area contributed by atoms with Gasteiger partial charge in [0.05, 0.1) is 6.61 Å². The van der Waals surface area contributed by atoms with Crippen molar-refractivity contribution in [2.45, 2.75) is 52.0 Å². The van der Waals surface area contributed by atoms with E-state index in [2.05, 4.69) is 22.7 Å². The van der Waals surface area contributed by atoms with Crippen LogP contribution in [-0.2, 0) is 4.74 Å². The van der Waals surface area contributed by atoms with Crippen LogP contribution in [0.15, 0.2) is 4.99 Å². The number of rotatable bonds is 6. The largest absolute Gasteiger partial charge is 0.383 e. The normalized spacial score (nSPS) is 26.0. The van der Waals surface area contributed by atoms with E-state index in [-0.39, 0.29) is 6.04 Å². The Labute approximate surface area is 117 Å². The number of guanidine groups is 1. The van der Waals surface area contributed by atoms with E-state index in [0.717, 1.165) is 24.8 Å². The number of ether oxygens (including phenoxy) is 1. The summed E-state index contributed by atoms with van der Waals surface area (Å²) < 4.78 is 5.07. The van der Waals surface area contributed by atoms with Crippen LogP contribution in [0.5, 0.6) is 0 Å². The molecule has 1 fully saturated rings. The number of hydrogen-bond donors (Lipinski definition) is 3. The average molecular weight is 270 g/mol.